The maximum Gasteiger partial charge on any atom is 0.297 e. The molecular weight excluding hydrogens is 244 g/mol. The molecule has 4 nitrogen and oxygen atoms in total. The molecule has 3 atom stereocenters. The zero-order valence-electron chi connectivity index (χ0n) is 10.2. The molecule has 0 bridgehead atoms. The highest BCUT2D eigenvalue weighted by Gasteiger charge is 2.58. The van der Waals surface area contributed by atoms with Gasteiger partial charge in [-0.05, 0) is 12.5 Å². The number of allylic oxidation sites excluding steroid dienone is 1. The minimum absolute atomic E-state index is 0.377. The quantitative estimate of drug-likeness (QED) is 0.709. The number of amides is 1. The Morgan fingerprint density at radius 3 is 2.67 bits per heavy atom. The van der Waals surface area contributed by atoms with Crippen molar-refractivity contribution in [3.8, 4) is 0 Å². The molecule has 2 rings (SSSR count). The first-order valence-electron chi connectivity index (χ1n) is 5.93. The summed E-state index contributed by atoms with van der Waals surface area (Å²) in [5.41, 5.74) is 0. The Morgan fingerprint density at radius 2 is 2.17 bits per heavy atom. The lowest BCUT2D eigenvalue weighted by atomic mass is 9.97. The Morgan fingerprint density at radius 1 is 1.50 bits per heavy atom. The molecule has 1 saturated heterocycles. The third-order valence-corrected chi connectivity index (χ3v) is 3.49. The highest BCUT2D eigenvalue weighted by molar-refractivity contribution is 6.06. The highest BCUT2D eigenvalue weighted by Crippen LogP contribution is 2.43. The first-order valence-corrected chi connectivity index (χ1v) is 5.93. The second-order valence-electron chi connectivity index (χ2n) is 4.66. The molecule has 100 valence electrons. The second-order valence-corrected chi connectivity index (χ2v) is 4.66. The maximum absolute atomic E-state index is 14.1. The molecule has 2 heterocycles. The number of nitrogens with zero attached hydrogens (tertiary/aromatic N) is 1. The van der Waals surface area contributed by atoms with Crippen molar-refractivity contribution < 1.29 is 23.1 Å². The summed E-state index contributed by atoms with van der Waals surface area (Å²) in [6.07, 6.45) is 0.121. The van der Waals surface area contributed by atoms with Crippen LogP contribution in [0.2, 0.25) is 0 Å². The van der Waals surface area contributed by atoms with Gasteiger partial charge in [-0.25, -0.2) is 8.78 Å². The van der Waals surface area contributed by atoms with Crippen LogP contribution in [0, 0.1) is 5.92 Å². The monoisotopic (exact) mass is 259 g/mol. The van der Waals surface area contributed by atoms with E-state index in [1.165, 1.54) is 6.92 Å². The third-order valence-electron chi connectivity index (χ3n) is 3.49. The van der Waals surface area contributed by atoms with Crippen LogP contribution in [0.3, 0.4) is 0 Å². The van der Waals surface area contributed by atoms with Gasteiger partial charge in [0.15, 0.2) is 5.78 Å². The smallest absolute Gasteiger partial charge is 0.297 e. The zero-order chi connectivity index (χ0) is 13.5. The van der Waals surface area contributed by atoms with Crippen molar-refractivity contribution >= 4 is 11.7 Å². The van der Waals surface area contributed by atoms with Crippen molar-refractivity contribution in [1.29, 1.82) is 0 Å². The molecule has 1 amide bonds. The van der Waals surface area contributed by atoms with Gasteiger partial charge in [-0.3, -0.25) is 14.5 Å². The molecule has 0 radical (unpaired) electrons. The molecule has 18 heavy (non-hydrogen) atoms. The van der Waals surface area contributed by atoms with E-state index < -0.39 is 30.1 Å². The minimum atomic E-state index is -3.11. The number of rotatable bonds is 2. The molecule has 2 aliphatic rings. The SMILES string of the molecule is CC[C@H]1O[C@@H](N2C=CC(=O)CC2=O)C(F)(F)[C@@H]1C. The fraction of sp³-hybridized carbons (Fsp3) is 0.667. The van der Waals surface area contributed by atoms with Gasteiger partial charge in [0.05, 0.1) is 18.4 Å². The van der Waals surface area contributed by atoms with Gasteiger partial charge in [-0.2, -0.15) is 0 Å². The average molecular weight is 259 g/mol. The standard InChI is InChI=1S/C12H15F2NO3/c1-3-9-7(2)12(13,14)11(18-9)15-5-4-8(16)6-10(15)17/h4-5,7,9,11H,3,6H2,1-2H3/t7-,9-,11-/m1/s1. The van der Waals surface area contributed by atoms with Gasteiger partial charge in [0.1, 0.15) is 0 Å². The summed E-state index contributed by atoms with van der Waals surface area (Å²) in [6, 6.07) is 0. The number of hydrogen-bond acceptors (Lipinski definition) is 3. The van der Waals surface area contributed by atoms with Gasteiger partial charge in [0.25, 0.3) is 5.92 Å². The number of carbonyl (C=O) groups is 2. The van der Waals surface area contributed by atoms with E-state index >= 15 is 0 Å². The molecule has 0 aromatic carbocycles. The molecule has 0 aromatic heterocycles. The molecule has 0 unspecified atom stereocenters. The molecule has 6 heteroatoms. The first kappa shape index (κ1) is 13.1. The molecule has 0 N–H and O–H groups in total. The van der Waals surface area contributed by atoms with Crippen LogP contribution < -0.4 is 0 Å². The zero-order valence-corrected chi connectivity index (χ0v) is 10.2. The van der Waals surface area contributed by atoms with Gasteiger partial charge in [0, 0.05) is 6.20 Å². The minimum Gasteiger partial charge on any atom is -0.348 e. The molecule has 0 aromatic rings. The van der Waals surface area contributed by atoms with Crippen molar-refractivity contribution in [3.63, 3.8) is 0 Å². The number of ketones is 1. The summed E-state index contributed by atoms with van der Waals surface area (Å²) >= 11 is 0. The summed E-state index contributed by atoms with van der Waals surface area (Å²) in [5.74, 6) is -5.08. The van der Waals surface area contributed by atoms with Crippen LogP contribution >= 0.6 is 0 Å². The summed E-state index contributed by atoms with van der Waals surface area (Å²) in [6.45, 7) is 3.18. The largest absolute Gasteiger partial charge is 0.348 e. The van der Waals surface area contributed by atoms with E-state index in [9.17, 15) is 18.4 Å². The molecular formula is C12H15F2NO3. The van der Waals surface area contributed by atoms with E-state index in [2.05, 4.69) is 0 Å². The maximum atomic E-state index is 14.1. The van der Waals surface area contributed by atoms with Crippen molar-refractivity contribution in [1.82, 2.24) is 4.90 Å². The third kappa shape index (κ3) is 1.94. The van der Waals surface area contributed by atoms with Gasteiger partial charge in [-0.1, -0.05) is 13.8 Å². The normalized spacial score (nSPS) is 35.3. The van der Waals surface area contributed by atoms with Crippen LogP contribution in [-0.2, 0) is 14.3 Å². The van der Waals surface area contributed by atoms with E-state index in [1.54, 1.807) is 6.92 Å². The van der Waals surface area contributed by atoms with E-state index in [0.29, 0.717) is 6.42 Å². The Bertz CT molecular complexity index is 408. The lowest BCUT2D eigenvalue weighted by molar-refractivity contribution is -0.167. The summed E-state index contributed by atoms with van der Waals surface area (Å²) in [5, 5.41) is 0. The lowest BCUT2D eigenvalue weighted by Crippen LogP contribution is -2.48. The van der Waals surface area contributed by atoms with Crippen LogP contribution in [-0.4, -0.2) is 34.8 Å². The van der Waals surface area contributed by atoms with Crippen LogP contribution in [0.15, 0.2) is 12.3 Å². The number of halogens is 2. The number of hydrogen-bond donors (Lipinski definition) is 0. The average Bonchev–Trinajstić information content (AvgIpc) is 2.52. The predicted molar refractivity (Wildman–Crippen MR) is 58.7 cm³/mol. The summed E-state index contributed by atoms with van der Waals surface area (Å²) in [4.78, 5) is 23.5. The molecule has 0 saturated carbocycles. The van der Waals surface area contributed by atoms with Gasteiger partial charge < -0.3 is 4.74 Å². The van der Waals surface area contributed by atoms with Crippen molar-refractivity contribution in [2.24, 2.45) is 5.92 Å². The number of alkyl halides is 2. The van der Waals surface area contributed by atoms with Gasteiger partial charge >= 0.3 is 0 Å². The topological polar surface area (TPSA) is 46.6 Å². The Hall–Kier alpha value is -1.30. The van der Waals surface area contributed by atoms with Crippen molar-refractivity contribution in [2.45, 2.75) is 44.9 Å². The molecule has 0 spiro atoms. The Labute approximate surface area is 104 Å². The molecule has 2 aliphatic heterocycles. The van der Waals surface area contributed by atoms with Gasteiger partial charge in [-0.15, -0.1) is 0 Å². The van der Waals surface area contributed by atoms with Crippen LogP contribution in [0.5, 0.6) is 0 Å². The fourth-order valence-electron chi connectivity index (χ4n) is 2.30. The summed E-state index contributed by atoms with van der Waals surface area (Å²) < 4.78 is 33.4. The van der Waals surface area contributed by atoms with Crippen LogP contribution in [0.1, 0.15) is 26.7 Å². The lowest BCUT2D eigenvalue weighted by Gasteiger charge is -2.31. The second kappa shape index (κ2) is 4.42. The summed E-state index contributed by atoms with van der Waals surface area (Å²) in [7, 11) is 0. The number of carbonyl (C=O) groups excluding carboxylic acids is 2. The van der Waals surface area contributed by atoms with Crippen LogP contribution in [0.4, 0.5) is 8.78 Å². The van der Waals surface area contributed by atoms with Crippen molar-refractivity contribution in [3.05, 3.63) is 12.3 Å². The van der Waals surface area contributed by atoms with E-state index in [-0.39, 0.29) is 12.2 Å². The highest BCUT2D eigenvalue weighted by atomic mass is 19.3. The van der Waals surface area contributed by atoms with Crippen molar-refractivity contribution in [2.75, 3.05) is 0 Å². The predicted octanol–water partition coefficient (Wildman–Crippen LogP) is 1.71. The van der Waals surface area contributed by atoms with Gasteiger partial charge in [0.2, 0.25) is 12.1 Å². The fourth-order valence-corrected chi connectivity index (χ4v) is 2.30. The van der Waals surface area contributed by atoms with E-state index in [0.717, 1.165) is 17.2 Å². The number of ether oxygens (including phenoxy) is 1. The molecule has 0 aliphatic carbocycles. The Balaban J connectivity index is 2.26. The first-order chi connectivity index (χ1) is 8.37. The Kier molecular flexibility index (Phi) is 3.23. The molecule has 1 fully saturated rings. The van der Waals surface area contributed by atoms with Crippen LogP contribution in [0.25, 0.3) is 0 Å². The van der Waals surface area contributed by atoms with E-state index in [1.807, 2.05) is 0 Å². The van der Waals surface area contributed by atoms with E-state index in [4.69, 9.17) is 4.74 Å².